The molecular weight excluding hydrogens is 206 g/mol. The van der Waals surface area contributed by atoms with Crippen molar-refractivity contribution in [3.8, 4) is 11.3 Å². The topological polar surface area (TPSA) is 37.8 Å². The molecule has 0 fully saturated rings. The zero-order valence-corrected chi connectivity index (χ0v) is 9.00. The number of thiazole rings is 1. The minimum absolute atomic E-state index is 0.739. The van der Waals surface area contributed by atoms with Crippen LogP contribution in [0.1, 0.15) is 0 Å². The largest absolute Gasteiger partial charge is 0.358 e. The fourth-order valence-electron chi connectivity index (χ4n) is 1.17. The van der Waals surface area contributed by atoms with Gasteiger partial charge in [-0.2, -0.15) is 0 Å². The van der Waals surface area contributed by atoms with Crippen LogP contribution in [0.5, 0.6) is 0 Å². The summed E-state index contributed by atoms with van der Waals surface area (Å²) in [5.74, 6) is 0. The minimum atomic E-state index is 0.739. The molecule has 0 aromatic carbocycles. The van der Waals surface area contributed by atoms with E-state index in [0.29, 0.717) is 0 Å². The van der Waals surface area contributed by atoms with Gasteiger partial charge in [-0.25, -0.2) is 4.98 Å². The number of nitrogens with one attached hydrogen (secondary N) is 1. The van der Waals surface area contributed by atoms with Crippen LogP contribution in [-0.2, 0) is 0 Å². The van der Waals surface area contributed by atoms with Crippen molar-refractivity contribution in [1.82, 2.24) is 9.97 Å². The van der Waals surface area contributed by atoms with Crippen molar-refractivity contribution in [1.29, 1.82) is 0 Å². The molecule has 4 heteroatoms. The number of pyridine rings is 1. The summed E-state index contributed by atoms with van der Waals surface area (Å²) in [6, 6.07) is 3.90. The number of hydrogen-bond acceptors (Lipinski definition) is 4. The first-order valence-electron chi connectivity index (χ1n) is 4.61. The first kappa shape index (κ1) is 9.86. The van der Waals surface area contributed by atoms with E-state index in [1.54, 1.807) is 23.7 Å². The van der Waals surface area contributed by atoms with Gasteiger partial charge < -0.3 is 5.32 Å². The van der Waals surface area contributed by atoms with E-state index in [4.69, 9.17) is 0 Å². The van der Waals surface area contributed by atoms with Crippen molar-refractivity contribution in [3.63, 3.8) is 0 Å². The van der Waals surface area contributed by atoms with E-state index in [-0.39, 0.29) is 0 Å². The van der Waals surface area contributed by atoms with Crippen molar-refractivity contribution >= 4 is 16.5 Å². The maximum Gasteiger partial charge on any atom is 0.183 e. The predicted molar refractivity (Wildman–Crippen MR) is 64.0 cm³/mol. The summed E-state index contributed by atoms with van der Waals surface area (Å²) in [7, 11) is 0. The molecule has 2 aromatic heterocycles. The van der Waals surface area contributed by atoms with E-state index in [1.165, 1.54) is 0 Å². The minimum Gasteiger partial charge on any atom is -0.358 e. The Hall–Kier alpha value is -1.68. The molecule has 0 unspecified atom stereocenters. The van der Waals surface area contributed by atoms with Gasteiger partial charge in [0.15, 0.2) is 5.13 Å². The fourth-order valence-corrected chi connectivity index (χ4v) is 1.90. The molecule has 0 saturated carbocycles. The lowest BCUT2D eigenvalue weighted by Crippen LogP contribution is -1.96. The van der Waals surface area contributed by atoms with Crippen molar-refractivity contribution < 1.29 is 0 Å². The van der Waals surface area contributed by atoms with Crippen LogP contribution in [0.3, 0.4) is 0 Å². The fraction of sp³-hybridized carbons (Fsp3) is 0.0909. The Morgan fingerprint density at radius 3 is 2.93 bits per heavy atom. The SMILES string of the molecule is C=CCNc1nc(-c2ccncc2)cs1. The lowest BCUT2D eigenvalue weighted by Gasteiger charge is -1.96. The van der Waals surface area contributed by atoms with Crippen LogP contribution < -0.4 is 5.32 Å². The highest BCUT2D eigenvalue weighted by Gasteiger charge is 2.02. The van der Waals surface area contributed by atoms with Crippen LogP contribution in [0, 0.1) is 0 Å². The van der Waals surface area contributed by atoms with Crippen LogP contribution in [-0.4, -0.2) is 16.5 Å². The van der Waals surface area contributed by atoms with E-state index in [2.05, 4.69) is 21.9 Å². The molecule has 2 rings (SSSR count). The highest BCUT2D eigenvalue weighted by atomic mass is 32.1. The molecule has 0 bridgehead atoms. The quantitative estimate of drug-likeness (QED) is 0.800. The Kier molecular flexibility index (Phi) is 3.09. The third-order valence-corrected chi connectivity index (χ3v) is 2.68. The van der Waals surface area contributed by atoms with Gasteiger partial charge in [-0.15, -0.1) is 17.9 Å². The molecule has 15 heavy (non-hydrogen) atoms. The standard InChI is InChI=1S/C11H11N3S/c1-2-5-13-11-14-10(8-15-11)9-3-6-12-7-4-9/h2-4,6-8H,1,5H2,(H,13,14). The third-order valence-electron chi connectivity index (χ3n) is 1.88. The first-order valence-corrected chi connectivity index (χ1v) is 5.49. The summed E-state index contributed by atoms with van der Waals surface area (Å²) in [5.41, 5.74) is 2.07. The van der Waals surface area contributed by atoms with Gasteiger partial charge in [0.25, 0.3) is 0 Å². The summed E-state index contributed by atoms with van der Waals surface area (Å²) >= 11 is 1.59. The van der Waals surface area contributed by atoms with Crippen molar-refractivity contribution in [2.45, 2.75) is 0 Å². The average Bonchev–Trinajstić information content (AvgIpc) is 2.76. The lowest BCUT2D eigenvalue weighted by atomic mass is 10.2. The molecule has 0 spiro atoms. The second kappa shape index (κ2) is 4.70. The summed E-state index contributed by atoms with van der Waals surface area (Å²) in [6.45, 7) is 4.39. The van der Waals surface area contributed by atoms with Crippen molar-refractivity contribution in [2.75, 3.05) is 11.9 Å². The number of anilines is 1. The molecule has 1 N–H and O–H groups in total. The molecule has 0 aliphatic heterocycles. The normalized spacial score (nSPS) is 9.87. The average molecular weight is 217 g/mol. The molecule has 2 heterocycles. The van der Waals surface area contributed by atoms with Gasteiger partial charge >= 0.3 is 0 Å². The Morgan fingerprint density at radius 1 is 1.40 bits per heavy atom. The Balaban J connectivity index is 2.17. The molecular formula is C11H11N3S. The maximum atomic E-state index is 4.45. The lowest BCUT2D eigenvalue weighted by molar-refractivity contribution is 1.27. The molecule has 0 aliphatic rings. The molecule has 0 saturated heterocycles. The number of nitrogens with zero attached hydrogens (tertiary/aromatic N) is 2. The Labute approximate surface area is 92.5 Å². The summed E-state index contributed by atoms with van der Waals surface area (Å²) < 4.78 is 0. The summed E-state index contributed by atoms with van der Waals surface area (Å²) in [4.78, 5) is 8.42. The van der Waals surface area contributed by atoms with Gasteiger partial charge in [-0.3, -0.25) is 4.98 Å². The van der Waals surface area contributed by atoms with Crippen LogP contribution in [0.2, 0.25) is 0 Å². The van der Waals surface area contributed by atoms with Crippen LogP contribution in [0.4, 0.5) is 5.13 Å². The zero-order chi connectivity index (χ0) is 10.5. The highest BCUT2D eigenvalue weighted by Crippen LogP contribution is 2.23. The second-order valence-electron chi connectivity index (χ2n) is 2.94. The number of aromatic nitrogens is 2. The second-order valence-corrected chi connectivity index (χ2v) is 3.80. The monoisotopic (exact) mass is 217 g/mol. The van der Waals surface area contributed by atoms with E-state index in [9.17, 15) is 0 Å². The zero-order valence-electron chi connectivity index (χ0n) is 8.18. The van der Waals surface area contributed by atoms with Crippen molar-refractivity contribution in [2.24, 2.45) is 0 Å². The van der Waals surface area contributed by atoms with Crippen LogP contribution in [0.25, 0.3) is 11.3 Å². The number of hydrogen-bond donors (Lipinski definition) is 1. The molecule has 0 aliphatic carbocycles. The Bertz CT molecular complexity index is 436. The van der Waals surface area contributed by atoms with E-state index in [1.807, 2.05) is 23.6 Å². The third kappa shape index (κ3) is 2.41. The first-order chi connectivity index (χ1) is 7.40. The van der Waals surface area contributed by atoms with Gasteiger partial charge in [0.1, 0.15) is 0 Å². The van der Waals surface area contributed by atoms with Gasteiger partial charge in [-0.05, 0) is 12.1 Å². The van der Waals surface area contributed by atoms with Crippen LogP contribution in [0.15, 0.2) is 42.6 Å². The van der Waals surface area contributed by atoms with Gasteiger partial charge in [-0.1, -0.05) is 6.08 Å². The van der Waals surface area contributed by atoms with Crippen LogP contribution >= 0.6 is 11.3 Å². The predicted octanol–water partition coefficient (Wildman–Crippen LogP) is 2.80. The smallest absolute Gasteiger partial charge is 0.183 e. The Morgan fingerprint density at radius 2 is 2.20 bits per heavy atom. The summed E-state index contributed by atoms with van der Waals surface area (Å²) in [6.07, 6.45) is 5.35. The molecule has 76 valence electrons. The van der Waals surface area contributed by atoms with Gasteiger partial charge in [0, 0.05) is 29.9 Å². The molecule has 3 nitrogen and oxygen atoms in total. The molecule has 0 radical (unpaired) electrons. The van der Waals surface area contributed by atoms with E-state index in [0.717, 1.165) is 22.9 Å². The van der Waals surface area contributed by atoms with E-state index < -0.39 is 0 Å². The van der Waals surface area contributed by atoms with Gasteiger partial charge in [0.05, 0.1) is 5.69 Å². The van der Waals surface area contributed by atoms with Gasteiger partial charge in [0.2, 0.25) is 0 Å². The van der Waals surface area contributed by atoms with Crippen molar-refractivity contribution in [3.05, 3.63) is 42.6 Å². The highest BCUT2D eigenvalue weighted by molar-refractivity contribution is 7.14. The maximum absolute atomic E-state index is 4.45. The molecule has 0 atom stereocenters. The molecule has 2 aromatic rings. The van der Waals surface area contributed by atoms with E-state index >= 15 is 0 Å². The molecule has 0 amide bonds. The number of rotatable bonds is 4. The summed E-state index contributed by atoms with van der Waals surface area (Å²) in [5, 5.41) is 6.10.